The molecule has 0 unspecified atom stereocenters. The molecule has 1 N–H and O–H groups in total. The van der Waals surface area contributed by atoms with E-state index in [9.17, 15) is 13.2 Å². The molecular weight excluding hydrogens is 470 g/mol. The van der Waals surface area contributed by atoms with Crippen molar-refractivity contribution in [1.29, 1.82) is 0 Å². The van der Waals surface area contributed by atoms with E-state index in [4.69, 9.17) is 9.47 Å². The van der Waals surface area contributed by atoms with Crippen LogP contribution in [0.15, 0.2) is 52.7 Å². The van der Waals surface area contributed by atoms with Gasteiger partial charge in [-0.15, -0.1) is 0 Å². The second-order valence-electron chi connectivity index (χ2n) is 9.01. The number of nitrogens with one attached hydrogen (secondary N) is 1. The molecule has 11 heteroatoms. The third-order valence-corrected chi connectivity index (χ3v) is 6.66. The Kier molecular flexibility index (Phi) is 6.37. The van der Waals surface area contributed by atoms with Crippen LogP contribution in [0.25, 0.3) is 11.0 Å². The summed E-state index contributed by atoms with van der Waals surface area (Å²) in [6, 6.07) is 8.71. The molecule has 0 atom stereocenters. The molecule has 0 fully saturated rings. The number of benzene rings is 2. The topological polar surface area (TPSA) is 109 Å². The first-order chi connectivity index (χ1) is 16.4. The fourth-order valence-corrected chi connectivity index (χ4v) is 4.71. The van der Waals surface area contributed by atoms with Crippen molar-refractivity contribution in [1.82, 2.24) is 18.7 Å². The van der Waals surface area contributed by atoms with E-state index >= 15 is 0 Å². The van der Waals surface area contributed by atoms with Crippen LogP contribution >= 0.6 is 0 Å². The Morgan fingerprint density at radius 1 is 1.00 bits per heavy atom. The number of aryl methyl sites for hydroxylation is 4. The second kappa shape index (κ2) is 9.14. The number of ether oxygens (including phenoxy) is 2. The third kappa shape index (κ3) is 5.04. The van der Waals surface area contributed by atoms with Crippen molar-refractivity contribution in [2.24, 2.45) is 27.1 Å². The molecule has 10 nitrogen and oxygen atoms in total. The number of aromatic nitrogens is 4. The molecule has 2 heterocycles. The highest BCUT2D eigenvalue weighted by Crippen LogP contribution is 2.36. The van der Waals surface area contributed by atoms with Crippen molar-refractivity contribution in [2.45, 2.75) is 25.8 Å². The lowest BCUT2D eigenvalue weighted by Crippen LogP contribution is -2.19. The second-order valence-corrected chi connectivity index (χ2v) is 10.6. The highest BCUT2D eigenvalue weighted by Gasteiger charge is 2.22. The van der Waals surface area contributed by atoms with Crippen molar-refractivity contribution in [3.63, 3.8) is 0 Å². The number of hydrogen-bond donors (Lipinski definition) is 1. The Morgan fingerprint density at radius 2 is 1.66 bits per heavy atom. The van der Waals surface area contributed by atoms with Crippen LogP contribution in [0.5, 0.6) is 17.2 Å². The van der Waals surface area contributed by atoms with Crippen molar-refractivity contribution in [3.8, 4) is 17.2 Å². The van der Waals surface area contributed by atoms with E-state index in [0.717, 1.165) is 5.56 Å². The van der Waals surface area contributed by atoms with E-state index in [0.29, 0.717) is 35.1 Å². The van der Waals surface area contributed by atoms with Crippen molar-refractivity contribution < 1.29 is 17.9 Å². The SMILES string of the molecule is Cc1cc(OCC(C)C)cc(Oc2cc3c(cc2NS(=O)(=O)c2cn(C)cn2)n(C)c(=O)n3C)c1. The fraction of sp³-hybridized carbons (Fsp3) is 0.333. The minimum Gasteiger partial charge on any atom is -0.493 e. The van der Waals surface area contributed by atoms with Crippen LogP contribution < -0.4 is 19.9 Å². The highest BCUT2D eigenvalue weighted by molar-refractivity contribution is 7.92. The molecule has 0 aliphatic rings. The van der Waals surface area contributed by atoms with Gasteiger partial charge in [0.15, 0.2) is 10.8 Å². The Bertz CT molecular complexity index is 1560. The van der Waals surface area contributed by atoms with Gasteiger partial charge in [0.25, 0.3) is 10.0 Å². The van der Waals surface area contributed by atoms with E-state index < -0.39 is 10.0 Å². The van der Waals surface area contributed by atoms with E-state index in [1.807, 2.05) is 19.1 Å². The molecule has 0 aliphatic carbocycles. The molecule has 0 spiro atoms. The minimum absolute atomic E-state index is 0.132. The number of nitrogens with zero attached hydrogens (tertiary/aromatic N) is 4. The molecule has 4 aromatic rings. The first-order valence-corrected chi connectivity index (χ1v) is 12.6. The standard InChI is InChI=1S/C24H29N5O5S/c1-15(2)13-33-17-7-16(3)8-18(9-17)34-22-11-21-20(28(5)24(30)29(21)6)10-19(22)26-35(31,32)23-12-27(4)14-25-23/h7-12,14-15,26H,13H2,1-6H3. The maximum atomic E-state index is 13.0. The van der Waals surface area contributed by atoms with Crippen LogP contribution in [-0.2, 0) is 31.2 Å². The summed E-state index contributed by atoms with van der Waals surface area (Å²) in [6.45, 7) is 6.60. The summed E-state index contributed by atoms with van der Waals surface area (Å²) in [5, 5.41) is -0.132. The Morgan fingerprint density at radius 3 is 2.29 bits per heavy atom. The summed E-state index contributed by atoms with van der Waals surface area (Å²) in [5.41, 5.74) is 2.00. The van der Waals surface area contributed by atoms with Gasteiger partial charge in [-0.25, -0.2) is 9.78 Å². The predicted molar refractivity (Wildman–Crippen MR) is 134 cm³/mol. The van der Waals surface area contributed by atoms with Crippen LogP contribution in [0.1, 0.15) is 19.4 Å². The Labute approximate surface area is 203 Å². The quantitative estimate of drug-likeness (QED) is 0.397. The number of hydrogen-bond acceptors (Lipinski definition) is 6. The van der Waals surface area contributed by atoms with Crippen LogP contribution in [0.2, 0.25) is 0 Å². The number of fused-ring (bicyclic) bond motifs is 1. The monoisotopic (exact) mass is 499 g/mol. The number of sulfonamides is 1. The molecule has 2 aromatic heterocycles. The molecular formula is C24H29N5O5S. The van der Waals surface area contributed by atoms with Gasteiger partial charge in [0.1, 0.15) is 11.5 Å². The van der Waals surface area contributed by atoms with Gasteiger partial charge in [-0.05, 0) is 36.6 Å². The van der Waals surface area contributed by atoms with Gasteiger partial charge in [0.2, 0.25) is 0 Å². The molecule has 0 aliphatic heterocycles. The average molecular weight is 500 g/mol. The minimum atomic E-state index is -4.01. The van der Waals surface area contributed by atoms with Gasteiger partial charge in [-0.3, -0.25) is 13.9 Å². The molecule has 0 saturated carbocycles. The van der Waals surface area contributed by atoms with Crippen LogP contribution in [0.4, 0.5) is 5.69 Å². The molecule has 35 heavy (non-hydrogen) atoms. The zero-order valence-electron chi connectivity index (χ0n) is 20.6. The molecule has 186 valence electrons. The molecule has 0 saturated heterocycles. The Hall–Kier alpha value is -3.73. The third-order valence-electron chi connectivity index (χ3n) is 5.41. The summed E-state index contributed by atoms with van der Waals surface area (Å²) in [6.07, 6.45) is 2.81. The molecule has 4 rings (SSSR count). The summed E-state index contributed by atoms with van der Waals surface area (Å²) in [4.78, 5) is 16.5. The number of rotatable bonds is 8. The van der Waals surface area contributed by atoms with Crippen LogP contribution in [0, 0.1) is 12.8 Å². The summed E-state index contributed by atoms with van der Waals surface area (Å²) < 4.78 is 45.1. The maximum Gasteiger partial charge on any atom is 0.328 e. The van der Waals surface area contributed by atoms with Gasteiger partial charge in [0.05, 0.1) is 29.7 Å². The van der Waals surface area contributed by atoms with Gasteiger partial charge in [-0.1, -0.05) is 13.8 Å². The van der Waals surface area contributed by atoms with E-state index in [-0.39, 0.29) is 22.2 Å². The molecule has 0 amide bonds. The van der Waals surface area contributed by atoms with Crippen LogP contribution in [-0.4, -0.2) is 33.7 Å². The first kappa shape index (κ1) is 24.4. The zero-order valence-corrected chi connectivity index (χ0v) is 21.4. The smallest absolute Gasteiger partial charge is 0.328 e. The maximum absolute atomic E-state index is 13.0. The van der Waals surface area contributed by atoms with Gasteiger partial charge >= 0.3 is 5.69 Å². The van der Waals surface area contributed by atoms with Crippen molar-refractivity contribution in [3.05, 3.63) is 58.9 Å². The fourth-order valence-electron chi connectivity index (χ4n) is 3.66. The van der Waals surface area contributed by atoms with Crippen molar-refractivity contribution >= 4 is 26.7 Å². The first-order valence-electron chi connectivity index (χ1n) is 11.1. The number of anilines is 1. The largest absolute Gasteiger partial charge is 0.493 e. The molecule has 0 bridgehead atoms. The normalized spacial score (nSPS) is 11.9. The highest BCUT2D eigenvalue weighted by atomic mass is 32.2. The van der Waals surface area contributed by atoms with Crippen molar-refractivity contribution in [2.75, 3.05) is 11.3 Å². The van der Waals surface area contributed by atoms with E-state index in [2.05, 4.69) is 23.6 Å². The molecule has 0 radical (unpaired) electrons. The van der Waals surface area contributed by atoms with E-state index in [1.165, 1.54) is 21.7 Å². The van der Waals surface area contributed by atoms with Gasteiger partial charge in [0, 0.05) is 39.5 Å². The summed E-state index contributed by atoms with van der Waals surface area (Å²) in [5.74, 6) is 1.72. The summed E-state index contributed by atoms with van der Waals surface area (Å²) >= 11 is 0. The molecule has 2 aromatic carbocycles. The lowest BCUT2D eigenvalue weighted by Gasteiger charge is -2.15. The lowest BCUT2D eigenvalue weighted by molar-refractivity contribution is 0.270. The zero-order chi connectivity index (χ0) is 25.5. The average Bonchev–Trinajstić information content (AvgIpc) is 3.31. The lowest BCUT2D eigenvalue weighted by atomic mass is 10.2. The predicted octanol–water partition coefficient (Wildman–Crippen LogP) is 3.55. The van der Waals surface area contributed by atoms with Crippen LogP contribution in [0.3, 0.4) is 0 Å². The van der Waals surface area contributed by atoms with Gasteiger partial charge < -0.3 is 14.0 Å². The Balaban J connectivity index is 1.80. The number of imidazole rings is 2. The van der Waals surface area contributed by atoms with E-state index in [1.54, 1.807) is 43.9 Å². The summed E-state index contributed by atoms with van der Waals surface area (Å²) in [7, 11) is 0.952. The van der Waals surface area contributed by atoms with Gasteiger partial charge in [-0.2, -0.15) is 8.42 Å².